The van der Waals surface area contributed by atoms with E-state index in [1.54, 1.807) is 6.07 Å². The Kier molecular flexibility index (Phi) is 4.74. The highest BCUT2D eigenvalue weighted by molar-refractivity contribution is 5.76. The van der Waals surface area contributed by atoms with Gasteiger partial charge in [-0.05, 0) is 18.1 Å². The summed E-state index contributed by atoms with van der Waals surface area (Å²) in [5.41, 5.74) is 14.0. The molecule has 0 bridgehead atoms. The molecule has 0 aromatic heterocycles. The molecule has 4 N–H and O–H groups in total. The number of carbonyl (C=O) groups excluding carboxylic acids is 1. The van der Waals surface area contributed by atoms with Crippen LogP contribution in [-0.4, -0.2) is 12.0 Å². The summed E-state index contributed by atoms with van der Waals surface area (Å²) in [7, 11) is 0. The van der Waals surface area contributed by atoms with E-state index in [0.717, 1.165) is 11.1 Å². The van der Waals surface area contributed by atoms with E-state index in [0.29, 0.717) is 12.1 Å². The molecule has 0 unspecified atom stereocenters. The number of hydrogen-bond acceptors (Lipinski definition) is 4. The third kappa shape index (κ3) is 3.83. The maximum Gasteiger partial charge on any atom is 0.323 e. The van der Waals surface area contributed by atoms with Gasteiger partial charge in [-0.2, -0.15) is 0 Å². The van der Waals surface area contributed by atoms with Crippen LogP contribution in [0.15, 0.2) is 54.6 Å². The van der Waals surface area contributed by atoms with Gasteiger partial charge in [-0.1, -0.05) is 48.5 Å². The van der Waals surface area contributed by atoms with Crippen molar-refractivity contribution >= 4 is 11.7 Å². The van der Waals surface area contributed by atoms with Crippen LogP contribution in [-0.2, 0) is 22.6 Å². The van der Waals surface area contributed by atoms with Gasteiger partial charge in [-0.15, -0.1) is 0 Å². The van der Waals surface area contributed by atoms with Crippen LogP contribution in [0.25, 0.3) is 0 Å². The van der Waals surface area contributed by atoms with E-state index >= 15 is 0 Å². The minimum atomic E-state index is -0.665. The zero-order chi connectivity index (χ0) is 14.4. The van der Waals surface area contributed by atoms with Crippen LogP contribution in [0.4, 0.5) is 5.69 Å². The van der Waals surface area contributed by atoms with Crippen molar-refractivity contribution in [1.82, 2.24) is 0 Å². The monoisotopic (exact) mass is 270 g/mol. The predicted molar refractivity (Wildman–Crippen MR) is 78.8 cm³/mol. The second-order valence-corrected chi connectivity index (χ2v) is 4.60. The first-order valence-electron chi connectivity index (χ1n) is 6.46. The summed E-state index contributed by atoms with van der Waals surface area (Å²) >= 11 is 0. The summed E-state index contributed by atoms with van der Waals surface area (Å²) in [4.78, 5) is 11.8. The minimum absolute atomic E-state index is 0.147. The lowest BCUT2D eigenvalue weighted by Crippen LogP contribution is -2.34. The minimum Gasteiger partial charge on any atom is -0.460 e. The van der Waals surface area contributed by atoms with Gasteiger partial charge in [-0.3, -0.25) is 4.79 Å². The van der Waals surface area contributed by atoms with Crippen molar-refractivity contribution in [2.75, 3.05) is 5.73 Å². The summed E-state index contributed by atoms with van der Waals surface area (Å²) in [6, 6.07) is 16.2. The Morgan fingerprint density at radius 3 is 2.40 bits per heavy atom. The van der Waals surface area contributed by atoms with Gasteiger partial charge in [0.15, 0.2) is 0 Å². The first kappa shape index (κ1) is 14.1. The van der Waals surface area contributed by atoms with Gasteiger partial charge in [0.2, 0.25) is 0 Å². The van der Waals surface area contributed by atoms with Crippen molar-refractivity contribution in [3.63, 3.8) is 0 Å². The standard InChI is InChI=1S/C16H18N2O2/c17-14-9-5-4-8-13(14)11-20-16(19)15(18)10-12-6-2-1-3-7-12/h1-9,15H,10-11,17-18H2/t15-/m0/s1. The fourth-order valence-corrected chi connectivity index (χ4v) is 1.87. The summed E-state index contributed by atoms with van der Waals surface area (Å²) < 4.78 is 5.20. The lowest BCUT2D eigenvalue weighted by Gasteiger charge is -2.12. The first-order valence-corrected chi connectivity index (χ1v) is 6.46. The average Bonchev–Trinajstić information content (AvgIpc) is 2.47. The van der Waals surface area contributed by atoms with Crippen LogP contribution in [0.5, 0.6) is 0 Å². The molecule has 0 heterocycles. The molecule has 2 aromatic carbocycles. The first-order chi connectivity index (χ1) is 9.66. The largest absolute Gasteiger partial charge is 0.460 e. The number of benzene rings is 2. The molecule has 4 heteroatoms. The Labute approximate surface area is 118 Å². The second-order valence-electron chi connectivity index (χ2n) is 4.60. The lowest BCUT2D eigenvalue weighted by molar-refractivity contribution is -0.146. The summed E-state index contributed by atoms with van der Waals surface area (Å²) in [5.74, 6) is -0.419. The lowest BCUT2D eigenvalue weighted by atomic mass is 10.1. The van der Waals surface area contributed by atoms with Crippen LogP contribution in [0.3, 0.4) is 0 Å². The van der Waals surface area contributed by atoms with Crippen LogP contribution in [0, 0.1) is 0 Å². The van der Waals surface area contributed by atoms with E-state index in [-0.39, 0.29) is 6.61 Å². The van der Waals surface area contributed by atoms with Crippen molar-refractivity contribution in [2.45, 2.75) is 19.1 Å². The maximum absolute atomic E-state index is 11.8. The molecule has 0 amide bonds. The van der Waals surface area contributed by atoms with Crippen molar-refractivity contribution in [3.05, 3.63) is 65.7 Å². The fraction of sp³-hybridized carbons (Fsp3) is 0.188. The van der Waals surface area contributed by atoms with Crippen molar-refractivity contribution < 1.29 is 9.53 Å². The fourth-order valence-electron chi connectivity index (χ4n) is 1.87. The van der Waals surface area contributed by atoms with E-state index < -0.39 is 12.0 Å². The van der Waals surface area contributed by atoms with Crippen molar-refractivity contribution in [3.8, 4) is 0 Å². The highest BCUT2D eigenvalue weighted by atomic mass is 16.5. The number of ether oxygens (including phenoxy) is 1. The zero-order valence-corrected chi connectivity index (χ0v) is 11.2. The Morgan fingerprint density at radius 2 is 1.70 bits per heavy atom. The smallest absolute Gasteiger partial charge is 0.323 e. The number of carbonyl (C=O) groups is 1. The number of rotatable bonds is 5. The Hall–Kier alpha value is -2.33. The van der Waals surface area contributed by atoms with Crippen molar-refractivity contribution in [2.24, 2.45) is 5.73 Å². The molecule has 0 aliphatic carbocycles. The summed E-state index contributed by atoms with van der Waals surface area (Å²) in [5, 5.41) is 0. The van der Waals surface area contributed by atoms with E-state index in [4.69, 9.17) is 16.2 Å². The van der Waals surface area contributed by atoms with Crippen LogP contribution >= 0.6 is 0 Å². The van der Waals surface area contributed by atoms with Gasteiger partial charge in [-0.25, -0.2) is 0 Å². The van der Waals surface area contributed by atoms with Gasteiger partial charge < -0.3 is 16.2 Å². The predicted octanol–water partition coefficient (Wildman–Crippen LogP) is 1.88. The normalized spacial score (nSPS) is 11.8. The van der Waals surface area contributed by atoms with Gasteiger partial charge in [0.05, 0.1) is 0 Å². The average molecular weight is 270 g/mol. The molecular formula is C16H18N2O2. The molecule has 0 radical (unpaired) electrons. The van der Waals surface area contributed by atoms with Gasteiger partial charge >= 0.3 is 5.97 Å². The Balaban J connectivity index is 1.87. The van der Waals surface area contributed by atoms with Crippen LogP contribution in [0.1, 0.15) is 11.1 Å². The highest BCUT2D eigenvalue weighted by Crippen LogP contribution is 2.12. The molecule has 20 heavy (non-hydrogen) atoms. The molecule has 104 valence electrons. The van der Waals surface area contributed by atoms with E-state index in [2.05, 4.69) is 0 Å². The molecule has 0 aliphatic heterocycles. The molecule has 1 atom stereocenters. The molecule has 4 nitrogen and oxygen atoms in total. The highest BCUT2D eigenvalue weighted by Gasteiger charge is 2.16. The van der Waals surface area contributed by atoms with E-state index in [1.165, 1.54) is 0 Å². The number of hydrogen-bond donors (Lipinski definition) is 2. The zero-order valence-electron chi connectivity index (χ0n) is 11.2. The number of anilines is 1. The molecule has 0 spiro atoms. The number of nitrogens with two attached hydrogens (primary N) is 2. The molecule has 0 fully saturated rings. The van der Waals surface area contributed by atoms with Crippen molar-refractivity contribution in [1.29, 1.82) is 0 Å². The maximum atomic E-state index is 11.8. The molecular weight excluding hydrogens is 252 g/mol. The SMILES string of the molecule is Nc1ccccc1COC(=O)[C@@H](N)Cc1ccccc1. The number of esters is 1. The third-order valence-electron chi connectivity index (χ3n) is 3.03. The number of nitrogen functional groups attached to an aromatic ring is 1. The third-order valence-corrected chi connectivity index (χ3v) is 3.03. The summed E-state index contributed by atoms with van der Waals surface area (Å²) in [6.07, 6.45) is 0.462. The Bertz CT molecular complexity index is 570. The quantitative estimate of drug-likeness (QED) is 0.642. The van der Waals surface area contributed by atoms with Gasteiger partial charge in [0, 0.05) is 11.3 Å². The number of para-hydroxylation sites is 1. The topological polar surface area (TPSA) is 78.3 Å². The van der Waals surface area contributed by atoms with Gasteiger partial charge in [0.1, 0.15) is 12.6 Å². The summed E-state index contributed by atoms with van der Waals surface area (Å²) in [6.45, 7) is 0.147. The van der Waals surface area contributed by atoms with Crippen LogP contribution in [0.2, 0.25) is 0 Å². The van der Waals surface area contributed by atoms with E-state index in [1.807, 2.05) is 48.5 Å². The Morgan fingerprint density at radius 1 is 1.05 bits per heavy atom. The molecule has 2 rings (SSSR count). The molecule has 0 aliphatic rings. The van der Waals surface area contributed by atoms with E-state index in [9.17, 15) is 4.79 Å². The molecule has 2 aromatic rings. The molecule has 0 saturated carbocycles. The second kappa shape index (κ2) is 6.73. The molecule has 0 saturated heterocycles. The van der Waals surface area contributed by atoms with Gasteiger partial charge in [0.25, 0.3) is 0 Å². The van der Waals surface area contributed by atoms with Crippen LogP contribution < -0.4 is 11.5 Å².